The molecule has 0 aliphatic rings. The van der Waals surface area contributed by atoms with Crippen LogP contribution in [-0.4, -0.2) is 11.1 Å². The number of benzene rings is 1. The second-order valence-corrected chi connectivity index (χ2v) is 3.56. The summed E-state index contributed by atoms with van der Waals surface area (Å²) in [5.41, 5.74) is -1.04. The van der Waals surface area contributed by atoms with E-state index in [4.69, 9.17) is 5.11 Å². The van der Waals surface area contributed by atoms with Crippen LogP contribution in [0.5, 0.6) is 0 Å². The highest BCUT2D eigenvalue weighted by atomic mass is 19.4. The van der Waals surface area contributed by atoms with Crippen LogP contribution in [-0.2, 0) is 17.4 Å². The molecule has 1 rings (SSSR count). The van der Waals surface area contributed by atoms with Gasteiger partial charge in [-0.2, -0.15) is 13.2 Å². The lowest BCUT2D eigenvalue weighted by Gasteiger charge is -2.09. The van der Waals surface area contributed by atoms with Crippen LogP contribution in [0, 0.1) is 5.82 Å². The molecule has 0 saturated carbocycles. The number of hydrogen-bond acceptors (Lipinski definition) is 1. The molecule has 0 bridgehead atoms. The van der Waals surface area contributed by atoms with Crippen molar-refractivity contribution in [2.75, 3.05) is 0 Å². The van der Waals surface area contributed by atoms with Crippen molar-refractivity contribution in [1.82, 2.24) is 0 Å². The summed E-state index contributed by atoms with van der Waals surface area (Å²) in [6, 6.07) is 2.70. The van der Waals surface area contributed by atoms with Crippen LogP contribution in [0.3, 0.4) is 0 Å². The summed E-state index contributed by atoms with van der Waals surface area (Å²) in [4.78, 5) is 10.2. The molecule has 1 aromatic carbocycles. The molecule has 94 valence electrons. The van der Waals surface area contributed by atoms with Crippen LogP contribution in [0.15, 0.2) is 18.2 Å². The van der Waals surface area contributed by atoms with Crippen molar-refractivity contribution in [1.29, 1.82) is 0 Å². The third-order valence-corrected chi connectivity index (χ3v) is 2.19. The van der Waals surface area contributed by atoms with E-state index in [9.17, 15) is 22.4 Å². The zero-order valence-electron chi connectivity index (χ0n) is 8.72. The fourth-order valence-corrected chi connectivity index (χ4v) is 1.39. The highest BCUT2D eigenvalue weighted by Gasteiger charge is 2.34. The summed E-state index contributed by atoms with van der Waals surface area (Å²) in [6.45, 7) is 0. The first-order chi connectivity index (χ1) is 7.80. The van der Waals surface area contributed by atoms with Crippen molar-refractivity contribution >= 4 is 5.97 Å². The average molecular weight is 250 g/mol. The minimum absolute atomic E-state index is 0.126. The van der Waals surface area contributed by atoms with Crippen molar-refractivity contribution in [3.05, 3.63) is 35.1 Å². The first kappa shape index (κ1) is 13.5. The summed E-state index contributed by atoms with van der Waals surface area (Å²) in [5, 5.41) is 8.38. The molecule has 1 N–H and O–H groups in total. The molecule has 1 aromatic rings. The van der Waals surface area contributed by atoms with Gasteiger partial charge in [0.15, 0.2) is 0 Å². The minimum Gasteiger partial charge on any atom is -0.481 e. The van der Waals surface area contributed by atoms with Crippen molar-refractivity contribution in [3.8, 4) is 0 Å². The minimum atomic E-state index is -4.73. The maximum Gasteiger partial charge on any atom is 0.419 e. The van der Waals surface area contributed by atoms with Crippen LogP contribution in [0.25, 0.3) is 0 Å². The van der Waals surface area contributed by atoms with Gasteiger partial charge in [0.1, 0.15) is 5.82 Å². The summed E-state index contributed by atoms with van der Waals surface area (Å²) >= 11 is 0. The molecule has 6 heteroatoms. The van der Waals surface area contributed by atoms with Crippen LogP contribution in [0.1, 0.15) is 24.0 Å². The number of halogens is 4. The molecule has 0 aromatic heterocycles. The molecule has 0 aliphatic carbocycles. The van der Waals surface area contributed by atoms with Gasteiger partial charge in [0, 0.05) is 6.42 Å². The van der Waals surface area contributed by atoms with E-state index in [1.54, 1.807) is 0 Å². The van der Waals surface area contributed by atoms with E-state index in [1.165, 1.54) is 6.07 Å². The van der Waals surface area contributed by atoms with Crippen LogP contribution in [0.4, 0.5) is 17.6 Å². The highest BCUT2D eigenvalue weighted by Crippen LogP contribution is 2.32. The highest BCUT2D eigenvalue weighted by molar-refractivity contribution is 5.66. The van der Waals surface area contributed by atoms with E-state index in [-0.39, 0.29) is 24.8 Å². The van der Waals surface area contributed by atoms with Crippen molar-refractivity contribution < 1.29 is 27.5 Å². The summed E-state index contributed by atoms with van der Waals surface area (Å²) in [6.07, 6.45) is -4.46. The molecule has 0 spiro atoms. The monoisotopic (exact) mass is 250 g/mol. The second-order valence-electron chi connectivity index (χ2n) is 3.56. The lowest BCUT2D eigenvalue weighted by Crippen LogP contribution is -2.09. The van der Waals surface area contributed by atoms with E-state index >= 15 is 0 Å². The number of alkyl halides is 3. The van der Waals surface area contributed by atoms with E-state index < -0.39 is 23.5 Å². The van der Waals surface area contributed by atoms with Crippen LogP contribution < -0.4 is 0 Å². The maximum atomic E-state index is 12.9. The number of rotatable bonds is 4. The van der Waals surface area contributed by atoms with Gasteiger partial charge in [0.05, 0.1) is 5.56 Å². The molecule has 0 aliphatic heterocycles. The molecular weight excluding hydrogens is 240 g/mol. The normalized spacial score (nSPS) is 11.5. The Kier molecular flexibility index (Phi) is 4.09. The molecule has 0 atom stereocenters. The number of carbonyl (C=O) groups is 1. The summed E-state index contributed by atoms with van der Waals surface area (Å²) in [7, 11) is 0. The van der Waals surface area contributed by atoms with Gasteiger partial charge < -0.3 is 5.11 Å². The van der Waals surface area contributed by atoms with Crippen LogP contribution in [0.2, 0.25) is 0 Å². The lowest BCUT2D eigenvalue weighted by atomic mass is 10.0. The molecule has 0 amide bonds. The Morgan fingerprint density at radius 1 is 1.29 bits per heavy atom. The molecule has 17 heavy (non-hydrogen) atoms. The number of aliphatic carboxylic acids is 1. The number of hydrogen-bond donors (Lipinski definition) is 1. The van der Waals surface area contributed by atoms with Gasteiger partial charge in [-0.3, -0.25) is 4.79 Å². The van der Waals surface area contributed by atoms with Gasteiger partial charge in [-0.05, 0) is 30.5 Å². The second kappa shape index (κ2) is 5.16. The molecule has 0 radical (unpaired) electrons. The Morgan fingerprint density at radius 2 is 1.94 bits per heavy atom. The molecule has 0 fully saturated rings. The third kappa shape index (κ3) is 4.05. The third-order valence-electron chi connectivity index (χ3n) is 2.19. The predicted octanol–water partition coefficient (Wildman–Crippen LogP) is 3.25. The lowest BCUT2D eigenvalue weighted by molar-refractivity contribution is -0.140. The molecular formula is C11H10F4O2. The van der Waals surface area contributed by atoms with Gasteiger partial charge in [-0.1, -0.05) is 6.07 Å². The van der Waals surface area contributed by atoms with Crippen molar-refractivity contribution in [2.24, 2.45) is 0 Å². The zero-order valence-corrected chi connectivity index (χ0v) is 8.72. The number of carboxylic acid groups (broad SMARTS) is 1. The first-order valence-corrected chi connectivity index (χ1v) is 4.88. The number of carboxylic acids is 1. The standard InChI is InChI=1S/C11H10F4O2/c12-9-5-4-7(2-1-3-10(16)17)6-8(9)11(13,14)15/h4-6H,1-3H2,(H,16,17). The maximum absolute atomic E-state index is 12.9. The van der Waals surface area contributed by atoms with Crippen molar-refractivity contribution in [2.45, 2.75) is 25.4 Å². The molecule has 2 nitrogen and oxygen atoms in total. The zero-order chi connectivity index (χ0) is 13.1. The quantitative estimate of drug-likeness (QED) is 0.833. The van der Waals surface area contributed by atoms with E-state index in [1.807, 2.05) is 0 Å². The molecule has 0 unspecified atom stereocenters. The smallest absolute Gasteiger partial charge is 0.419 e. The average Bonchev–Trinajstić information content (AvgIpc) is 2.18. The molecule has 0 saturated heterocycles. The Hall–Kier alpha value is -1.59. The van der Waals surface area contributed by atoms with E-state index in [0.717, 1.165) is 12.1 Å². The Labute approximate surface area is 94.9 Å². The van der Waals surface area contributed by atoms with Gasteiger partial charge >= 0.3 is 12.1 Å². The van der Waals surface area contributed by atoms with Gasteiger partial charge in [-0.25, -0.2) is 4.39 Å². The molecule has 0 heterocycles. The Balaban J connectivity index is 2.79. The van der Waals surface area contributed by atoms with Gasteiger partial charge in [0.2, 0.25) is 0 Å². The summed E-state index contributed by atoms with van der Waals surface area (Å²) in [5.74, 6) is -2.33. The number of aryl methyl sites for hydroxylation is 1. The van der Waals surface area contributed by atoms with Crippen molar-refractivity contribution in [3.63, 3.8) is 0 Å². The fourth-order valence-electron chi connectivity index (χ4n) is 1.39. The topological polar surface area (TPSA) is 37.3 Å². The largest absolute Gasteiger partial charge is 0.481 e. The fraction of sp³-hybridized carbons (Fsp3) is 0.364. The van der Waals surface area contributed by atoms with E-state index in [2.05, 4.69) is 0 Å². The van der Waals surface area contributed by atoms with E-state index in [0.29, 0.717) is 0 Å². The van der Waals surface area contributed by atoms with Gasteiger partial charge in [-0.15, -0.1) is 0 Å². The Morgan fingerprint density at radius 3 is 2.47 bits per heavy atom. The predicted molar refractivity (Wildman–Crippen MR) is 52.0 cm³/mol. The Bertz CT molecular complexity index is 412. The summed E-state index contributed by atoms with van der Waals surface area (Å²) < 4.78 is 49.9. The first-order valence-electron chi connectivity index (χ1n) is 4.88. The van der Waals surface area contributed by atoms with Crippen LogP contribution >= 0.6 is 0 Å². The SMILES string of the molecule is O=C(O)CCCc1ccc(F)c(C(F)(F)F)c1. The van der Waals surface area contributed by atoms with Gasteiger partial charge in [0.25, 0.3) is 0 Å².